The van der Waals surface area contributed by atoms with Crippen molar-refractivity contribution in [1.29, 1.82) is 0 Å². The first kappa shape index (κ1) is 15.7. The highest BCUT2D eigenvalue weighted by atomic mass is 19.4. The van der Waals surface area contributed by atoms with E-state index in [0.717, 1.165) is 12.1 Å². The smallest absolute Gasteiger partial charge is 0.422 e. The first-order valence-electron chi connectivity index (χ1n) is 5.16. The van der Waals surface area contributed by atoms with E-state index in [1.54, 1.807) is 5.32 Å². The van der Waals surface area contributed by atoms with Crippen LogP contribution in [0.4, 0.5) is 13.2 Å². The molecule has 7 nitrogen and oxygen atoms in total. The first-order chi connectivity index (χ1) is 9.23. The predicted molar refractivity (Wildman–Crippen MR) is 59.0 cm³/mol. The number of nitrogens with zero attached hydrogens (tertiary/aromatic N) is 1. The Balaban J connectivity index is 2.86. The maximum atomic E-state index is 12.0. The van der Waals surface area contributed by atoms with Crippen LogP contribution in [0.2, 0.25) is 0 Å². The fraction of sp³-hybridized carbons (Fsp3) is 0.300. The van der Waals surface area contributed by atoms with Crippen molar-refractivity contribution in [3.8, 4) is 11.6 Å². The SMILES string of the molecule is NCC(=O)NC(=O)c1nc(OCC(F)(F)F)ccc1O. The van der Waals surface area contributed by atoms with E-state index < -0.39 is 48.5 Å². The van der Waals surface area contributed by atoms with E-state index in [1.807, 2.05) is 0 Å². The zero-order chi connectivity index (χ0) is 15.3. The maximum Gasteiger partial charge on any atom is 0.422 e. The molecular weight excluding hydrogens is 283 g/mol. The molecule has 0 aliphatic carbocycles. The highest BCUT2D eigenvalue weighted by molar-refractivity contribution is 6.05. The predicted octanol–water partition coefficient (Wildman–Crippen LogP) is -0.0566. The second-order valence-corrected chi connectivity index (χ2v) is 3.50. The van der Waals surface area contributed by atoms with Crippen molar-refractivity contribution in [1.82, 2.24) is 10.3 Å². The zero-order valence-corrected chi connectivity index (χ0v) is 9.90. The Morgan fingerprint density at radius 3 is 2.60 bits per heavy atom. The van der Waals surface area contributed by atoms with Crippen LogP contribution in [0.25, 0.3) is 0 Å². The van der Waals surface area contributed by atoms with Gasteiger partial charge in [-0.05, 0) is 6.07 Å². The van der Waals surface area contributed by atoms with Crippen LogP contribution < -0.4 is 15.8 Å². The summed E-state index contributed by atoms with van der Waals surface area (Å²) < 4.78 is 40.2. The van der Waals surface area contributed by atoms with Gasteiger partial charge in [-0.3, -0.25) is 14.9 Å². The molecule has 1 aromatic heterocycles. The molecule has 110 valence electrons. The van der Waals surface area contributed by atoms with Gasteiger partial charge < -0.3 is 15.6 Å². The third-order valence-corrected chi connectivity index (χ3v) is 1.89. The number of halogens is 3. The fourth-order valence-corrected chi connectivity index (χ4v) is 1.07. The van der Waals surface area contributed by atoms with E-state index in [-0.39, 0.29) is 0 Å². The summed E-state index contributed by atoms with van der Waals surface area (Å²) in [4.78, 5) is 25.8. The quantitative estimate of drug-likeness (QED) is 0.716. The van der Waals surface area contributed by atoms with Crippen molar-refractivity contribution in [3.05, 3.63) is 17.8 Å². The molecule has 0 saturated carbocycles. The number of imide groups is 1. The van der Waals surface area contributed by atoms with Gasteiger partial charge in [-0.15, -0.1) is 0 Å². The fourth-order valence-electron chi connectivity index (χ4n) is 1.07. The maximum absolute atomic E-state index is 12.0. The van der Waals surface area contributed by atoms with Crippen molar-refractivity contribution in [2.24, 2.45) is 5.73 Å². The number of carbonyl (C=O) groups excluding carboxylic acids is 2. The molecule has 10 heteroatoms. The summed E-state index contributed by atoms with van der Waals surface area (Å²) in [6.45, 7) is -2.08. The molecule has 0 spiro atoms. The van der Waals surface area contributed by atoms with Gasteiger partial charge in [0.15, 0.2) is 12.3 Å². The Hall–Kier alpha value is -2.36. The number of pyridine rings is 1. The van der Waals surface area contributed by atoms with E-state index in [1.165, 1.54) is 0 Å². The number of alkyl halides is 3. The molecule has 1 heterocycles. The van der Waals surface area contributed by atoms with Crippen LogP contribution >= 0.6 is 0 Å². The van der Waals surface area contributed by atoms with Gasteiger partial charge in [0, 0.05) is 6.07 Å². The summed E-state index contributed by atoms with van der Waals surface area (Å²) in [7, 11) is 0. The van der Waals surface area contributed by atoms with Crippen LogP contribution in [0.1, 0.15) is 10.5 Å². The van der Waals surface area contributed by atoms with Gasteiger partial charge in [0.25, 0.3) is 5.91 Å². The molecule has 20 heavy (non-hydrogen) atoms. The molecule has 0 aromatic carbocycles. The highest BCUT2D eigenvalue weighted by Crippen LogP contribution is 2.21. The molecule has 0 aliphatic heterocycles. The molecule has 0 radical (unpaired) electrons. The Bertz CT molecular complexity index is 519. The number of nitrogens with one attached hydrogen (secondary N) is 1. The summed E-state index contributed by atoms with van der Waals surface area (Å²) in [6, 6.07) is 1.86. The number of hydrogen-bond donors (Lipinski definition) is 3. The number of ether oxygens (including phenoxy) is 1. The van der Waals surface area contributed by atoms with Crippen molar-refractivity contribution in [2.75, 3.05) is 13.2 Å². The van der Waals surface area contributed by atoms with Gasteiger partial charge in [0.2, 0.25) is 11.8 Å². The van der Waals surface area contributed by atoms with Crippen molar-refractivity contribution in [3.63, 3.8) is 0 Å². The minimum absolute atomic E-state index is 0.475. The Morgan fingerprint density at radius 1 is 1.40 bits per heavy atom. The van der Waals surface area contributed by atoms with Crippen LogP contribution in [0.15, 0.2) is 12.1 Å². The number of amides is 2. The van der Waals surface area contributed by atoms with Gasteiger partial charge in [0.1, 0.15) is 5.75 Å². The lowest BCUT2D eigenvalue weighted by Crippen LogP contribution is -2.35. The van der Waals surface area contributed by atoms with Gasteiger partial charge in [-0.25, -0.2) is 4.98 Å². The van der Waals surface area contributed by atoms with Crippen LogP contribution in [0, 0.1) is 0 Å². The van der Waals surface area contributed by atoms with Crippen molar-refractivity contribution >= 4 is 11.8 Å². The van der Waals surface area contributed by atoms with E-state index in [9.17, 15) is 27.9 Å². The van der Waals surface area contributed by atoms with E-state index >= 15 is 0 Å². The average molecular weight is 293 g/mol. The second-order valence-electron chi connectivity index (χ2n) is 3.50. The van der Waals surface area contributed by atoms with Gasteiger partial charge >= 0.3 is 6.18 Å². The lowest BCUT2D eigenvalue weighted by atomic mass is 10.3. The number of carbonyl (C=O) groups is 2. The Kier molecular flexibility index (Phi) is 4.86. The number of nitrogens with two attached hydrogens (primary N) is 1. The van der Waals surface area contributed by atoms with Gasteiger partial charge in [-0.2, -0.15) is 13.2 Å². The van der Waals surface area contributed by atoms with Crippen LogP contribution in [0.5, 0.6) is 11.6 Å². The minimum Gasteiger partial charge on any atom is -0.505 e. The Morgan fingerprint density at radius 2 is 2.05 bits per heavy atom. The Labute approximate surface area is 110 Å². The number of aromatic nitrogens is 1. The molecule has 0 saturated heterocycles. The number of rotatable bonds is 4. The van der Waals surface area contributed by atoms with E-state index in [2.05, 4.69) is 9.72 Å². The standard InChI is InChI=1S/C10H10F3N3O4/c11-10(12,13)4-20-7-2-1-5(17)8(16-7)9(19)15-6(18)3-14/h1-2,17H,3-4,14H2,(H,15,18,19). The number of hydrogen-bond acceptors (Lipinski definition) is 6. The van der Waals surface area contributed by atoms with Crippen LogP contribution in [-0.4, -0.2) is 41.2 Å². The lowest BCUT2D eigenvalue weighted by molar-refractivity contribution is -0.154. The third-order valence-electron chi connectivity index (χ3n) is 1.89. The first-order valence-corrected chi connectivity index (χ1v) is 5.16. The molecular formula is C10H10F3N3O4. The highest BCUT2D eigenvalue weighted by Gasteiger charge is 2.29. The topological polar surface area (TPSA) is 115 Å². The molecule has 0 atom stereocenters. The zero-order valence-electron chi connectivity index (χ0n) is 9.90. The monoisotopic (exact) mass is 293 g/mol. The van der Waals surface area contributed by atoms with Crippen LogP contribution in [-0.2, 0) is 4.79 Å². The summed E-state index contributed by atoms with van der Waals surface area (Å²) in [5, 5.41) is 11.2. The minimum atomic E-state index is -4.57. The largest absolute Gasteiger partial charge is 0.505 e. The third kappa shape index (κ3) is 4.72. The molecule has 1 aromatic rings. The van der Waals surface area contributed by atoms with Crippen molar-refractivity contribution < 1.29 is 32.6 Å². The summed E-state index contributed by atoms with van der Waals surface area (Å²) in [5.41, 5.74) is 4.32. The summed E-state index contributed by atoms with van der Waals surface area (Å²) >= 11 is 0. The summed E-state index contributed by atoms with van der Waals surface area (Å²) in [5.74, 6) is -3.08. The summed E-state index contributed by atoms with van der Waals surface area (Å²) in [6.07, 6.45) is -4.57. The molecule has 0 bridgehead atoms. The molecule has 1 rings (SSSR count). The number of aromatic hydroxyl groups is 1. The molecule has 4 N–H and O–H groups in total. The normalized spacial score (nSPS) is 11.0. The van der Waals surface area contributed by atoms with Gasteiger partial charge in [0.05, 0.1) is 6.54 Å². The second kappa shape index (κ2) is 6.19. The van der Waals surface area contributed by atoms with E-state index in [0.29, 0.717) is 0 Å². The average Bonchev–Trinajstić information content (AvgIpc) is 2.36. The molecule has 0 aliphatic rings. The lowest BCUT2D eigenvalue weighted by Gasteiger charge is -2.10. The molecule has 2 amide bonds. The molecule has 0 unspecified atom stereocenters. The molecule has 0 fully saturated rings. The van der Waals surface area contributed by atoms with Crippen LogP contribution in [0.3, 0.4) is 0 Å². The van der Waals surface area contributed by atoms with Gasteiger partial charge in [-0.1, -0.05) is 0 Å². The van der Waals surface area contributed by atoms with E-state index in [4.69, 9.17) is 5.73 Å². The van der Waals surface area contributed by atoms with Crippen molar-refractivity contribution in [2.45, 2.75) is 6.18 Å².